The minimum Gasteiger partial charge on any atom is -0.489 e. The number of ether oxygens (including phenoxy) is 1. The van der Waals surface area contributed by atoms with E-state index in [9.17, 15) is 22.4 Å². The molecular weight excluding hydrogens is 508 g/mol. The zero-order valence-electron chi connectivity index (χ0n) is 20.5. The number of rotatable bonds is 8. The maximum atomic E-state index is 13.9. The lowest BCUT2D eigenvalue weighted by molar-refractivity contribution is -0.183. The molecule has 3 heterocycles. The predicted octanol–water partition coefficient (Wildman–Crippen LogP) is 4.95. The molecule has 9 nitrogen and oxygen atoms in total. The number of pyridine rings is 2. The zero-order valence-corrected chi connectivity index (χ0v) is 20.5. The molecule has 4 rings (SSSR count). The second-order valence-corrected chi connectivity index (χ2v) is 9.10. The molecule has 0 aliphatic carbocycles. The summed E-state index contributed by atoms with van der Waals surface area (Å²) in [7, 11) is 0. The highest BCUT2D eigenvalue weighted by Gasteiger charge is 2.47. The van der Waals surface area contributed by atoms with Crippen LogP contribution in [0.25, 0.3) is 10.9 Å². The van der Waals surface area contributed by atoms with E-state index in [0.29, 0.717) is 22.3 Å². The highest BCUT2D eigenvalue weighted by molar-refractivity contribution is 5.89. The zero-order chi connectivity index (χ0) is 27.4. The molecule has 1 aliphatic heterocycles. The van der Waals surface area contributed by atoms with Crippen molar-refractivity contribution in [3.8, 4) is 5.75 Å². The van der Waals surface area contributed by atoms with Gasteiger partial charge in [0.1, 0.15) is 28.9 Å². The quantitative estimate of drug-likeness (QED) is 0.213. The van der Waals surface area contributed by atoms with Gasteiger partial charge >= 0.3 is 12.3 Å². The topological polar surface area (TPSA) is 112 Å². The third-order valence-electron chi connectivity index (χ3n) is 5.81. The highest BCUT2D eigenvalue weighted by Crippen LogP contribution is 2.39. The third-order valence-corrected chi connectivity index (χ3v) is 5.81. The Morgan fingerprint density at radius 2 is 2.05 bits per heavy atom. The number of nitrogens with zero attached hydrogens (tertiary/aromatic N) is 4. The van der Waals surface area contributed by atoms with Gasteiger partial charge < -0.3 is 15.2 Å². The number of hydrogen-bond acceptors (Lipinski definition) is 7. The van der Waals surface area contributed by atoms with E-state index in [4.69, 9.17) is 9.84 Å². The largest absolute Gasteiger partial charge is 0.489 e. The fourth-order valence-electron chi connectivity index (χ4n) is 4.32. The summed E-state index contributed by atoms with van der Waals surface area (Å²) in [6, 6.07) is 6.12. The van der Waals surface area contributed by atoms with Gasteiger partial charge in [0, 0.05) is 36.8 Å². The summed E-state index contributed by atoms with van der Waals surface area (Å²) in [4.78, 5) is 20.5. The number of fused-ring (bicyclic) bond motifs is 1. The van der Waals surface area contributed by atoms with Crippen LogP contribution in [0.15, 0.2) is 47.7 Å². The summed E-state index contributed by atoms with van der Waals surface area (Å²) in [5.74, 6) is 0.0731. The number of hydrazone groups is 1. The van der Waals surface area contributed by atoms with Crippen molar-refractivity contribution >= 4 is 29.0 Å². The monoisotopic (exact) mass is 534 g/mol. The number of carbonyl (C=O) groups is 1. The molecule has 1 saturated heterocycles. The van der Waals surface area contributed by atoms with Crippen molar-refractivity contribution in [3.63, 3.8) is 0 Å². The summed E-state index contributed by atoms with van der Waals surface area (Å²) in [6.07, 6.45) is -3.23. The second-order valence-electron chi connectivity index (χ2n) is 9.10. The predicted molar refractivity (Wildman–Crippen MR) is 133 cm³/mol. The molecular formula is C25H26F4N6O3. The number of carboxylic acid groups (broad SMARTS) is 1. The van der Waals surface area contributed by atoms with E-state index in [1.807, 2.05) is 13.8 Å². The Labute approximate surface area is 215 Å². The van der Waals surface area contributed by atoms with Crippen LogP contribution in [0.4, 0.5) is 28.2 Å². The first-order chi connectivity index (χ1) is 18.0. The molecule has 3 aromatic rings. The highest BCUT2D eigenvalue weighted by atomic mass is 19.4. The van der Waals surface area contributed by atoms with Crippen molar-refractivity contribution < 1.29 is 32.2 Å². The van der Waals surface area contributed by atoms with Crippen molar-refractivity contribution in [3.05, 3.63) is 59.7 Å². The van der Waals surface area contributed by atoms with Crippen molar-refractivity contribution in [1.82, 2.24) is 20.2 Å². The summed E-state index contributed by atoms with van der Waals surface area (Å²) in [6.45, 7) is 3.67. The number of benzene rings is 1. The number of aromatic nitrogens is 2. The first-order valence-corrected chi connectivity index (χ1v) is 11.8. The molecule has 0 spiro atoms. The van der Waals surface area contributed by atoms with Crippen molar-refractivity contribution in [2.45, 2.75) is 44.6 Å². The van der Waals surface area contributed by atoms with Crippen LogP contribution in [0.5, 0.6) is 5.75 Å². The SMILES string of the molecule is CC(C)Oc1cc(F)cc2ccc(/C=N/Nc3ccc([C@@H](N4CC[C@H](NC(=O)O)C4)C(F)(F)F)cn3)nc12. The molecule has 0 saturated carbocycles. The molecule has 202 valence electrons. The van der Waals surface area contributed by atoms with Gasteiger partial charge in [-0.3, -0.25) is 10.3 Å². The van der Waals surface area contributed by atoms with Crippen LogP contribution >= 0.6 is 0 Å². The van der Waals surface area contributed by atoms with E-state index in [1.54, 1.807) is 12.1 Å². The van der Waals surface area contributed by atoms with E-state index in [1.165, 1.54) is 35.4 Å². The van der Waals surface area contributed by atoms with Gasteiger partial charge in [0.2, 0.25) is 0 Å². The molecule has 2 aromatic heterocycles. The van der Waals surface area contributed by atoms with Gasteiger partial charge in [0.15, 0.2) is 0 Å². The van der Waals surface area contributed by atoms with Crippen molar-refractivity contribution in [1.29, 1.82) is 0 Å². The van der Waals surface area contributed by atoms with Crippen LogP contribution in [0.3, 0.4) is 0 Å². The Kier molecular flexibility index (Phi) is 7.95. The van der Waals surface area contributed by atoms with Gasteiger partial charge in [-0.25, -0.2) is 19.2 Å². The Bertz CT molecular complexity index is 1320. The maximum Gasteiger partial charge on any atom is 0.408 e. The molecule has 1 amide bonds. The Morgan fingerprint density at radius 1 is 1.26 bits per heavy atom. The first-order valence-electron chi connectivity index (χ1n) is 11.8. The number of nitrogens with one attached hydrogen (secondary N) is 2. The number of amides is 1. The molecule has 38 heavy (non-hydrogen) atoms. The van der Waals surface area contributed by atoms with Gasteiger partial charge in [-0.15, -0.1) is 0 Å². The first kappa shape index (κ1) is 27.0. The number of hydrogen-bond donors (Lipinski definition) is 3. The molecule has 0 radical (unpaired) electrons. The summed E-state index contributed by atoms with van der Waals surface area (Å²) < 4.78 is 61.2. The normalized spacial score (nSPS) is 17.3. The molecule has 0 unspecified atom stereocenters. The fraction of sp³-hybridized carbons (Fsp3) is 0.360. The van der Waals surface area contributed by atoms with Crippen LogP contribution < -0.4 is 15.5 Å². The number of alkyl halides is 3. The summed E-state index contributed by atoms with van der Waals surface area (Å²) in [5.41, 5.74) is 3.50. The number of halogens is 4. The average Bonchev–Trinajstić information content (AvgIpc) is 3.26. The van der Waals surface area contributed by atoms with Gasteiger partial charge in [-0.1, -0.05) is 12.1 Å². The summed E-state index contributed by atoms with van der Waals surface area (Å²) in [5, 5.41) is 15.7. The van der Waals surface area contributed by atoms with E-state index < -0.39 is 30.2 Å². The van der Waals surface area contributed by atoms with Gasteiger partial charge in [-0.05, 0) is 44.0 Å². The summed E-state index contributed by atoms with van der Waals surface area (Å²) >= 11 is 0. The fourth-order valence-corrected chi connectivity index (χ4v) is 4.32. The smallest absolute Gasteiger partial charge is 0.408 e. The van der Waals surface area contributed by atoms with Crippen LogP contribution in [0.1, 0.15) is 37.6 Å². The molecule has 1 fully saturated rings. The Hall–Kier alpha value is -4.00. The van der Waals surface area contributed by atoms with E-state index in [2.05, 4.69) is 25.8 Å². The lowest BCUT2D eigenvalue weighted by Gasteiger charge is -2.30. The standard InChI is InChI=1S/C25H26F4N6O3/c1-14(2)38-20-10-17(26)9-15-3-5-18(32-22(15)20)12-31-34-21-6-4-16(11-30-21)23(25(27,28)29)35-8-7-19(13-35)33-24(36)37/h3-6,9-12,14,19,23,33H,7-8,13H2,1-2H3,(H,30,34)(H,36,37)/b31-12+/t19-,23+/m0/s1. The van der Waals surface area contributed by atoms with E-state index in [0.717, 1.165) is 6.20 Å². The van der Waals surface area contributed by atoms with Gasteiger partial charge in [0.05, 0.1) is 18.0 Å². The van der Waals surface area contributed by atoms with Crippen LogP contribution in [-0.2, 0) is 0 Å². The minimum atomic E-state index is -4.57. The number of likely N-dealkylation sites (tertiary alicyclic amines) is 1. The van der Waals surface area contributed by atoms with Crippen LogP contribution in [-0.4, -0.2) is 63.7 Å². The van der Waals surface area contributed by atoms with Crippen LogP contribution in [0.2, 0.25) is 0 Å². The number of anilines is 1. The van der Waals surface area contributed by atoms with Gasteiger partial charge in [-0.2, -0.15) is 18.3 Å². The molecule has 0 bridgehead atoms. The maximum absolute atomic E-state index is 13.9. The third kappa shape index (κ3) is 6.65. The molecule has 13 heteroatoms. The second kappa shape index (κ2) is 11.2. The lowest BCUT2D eigenvalue weighted by Crippen LogP contribution is -2.40. The van der Waals surface area contributed by atoms with Crippen molar-refractivity contribution in [2.75, 3.05) is 18.5 Å². The minimum absolute atomic E-state index is 0.0594. The van der Waals surface area contributed by atoms with Crippen LogP contribution in [0, 0.1) is 5.82 Å². The average molecular weight is 535 g/mol. The Balaban J connectivity index is 1.46. The lowest BCUT2D eigenvalue weighted by atomic mass is 10.1. The van der Waals surface area contributed by atoms with E-state index >= 15 is 0 Å². The molecule has 3 N–H and O–H groups in total. The van der Waals surface area contributed by atoms with Crippen molar-refractivity contribution in [2.24, 2.45) is 5.10 Å². The molecule has 2 atom stereocenters. The Morgan fingerprint density at radius 3 is 2.71 bits per heavy atom. The van der Waals surface area contributed by atoms with Gasteiger partial charge in [0.25, 0.3) is 0 Å². The van der Waals surface area contributed by atoms with E-state index in [-0.39, 0.29) is 37.0 Å². The molecule has 1 aliphatic rings. The molecule has 1 aromatic carbocycles.